The topological polar surface area (TPSA) is 52.5 Å². The Bertz CT molecular complexity index is 717. The van der Waals surface area contributed by atoms with Crippen LogP contribution in [0.1, 0.15) is 31.2 Å². The Balaban J connectivity index is 1.51. The molecule has 0 spiro atoms. The average molecular weight is 338 g/mol. The van der Waals surface area contributed by atoms with Crippen molar-refractivity contribution in [1.29, 1.82) is 0 Å². The first-order valence-corrected chi connectivity index (χ1v) is 9.18. The van der Waals surface area contributed by atoms with E-state index in [0.717, 1.165) is 37.6 Å². The quantitative estimate of drug-likeness (QED) is 0.877. The summed E-state index contributed by atoms with van der Waals surface area (Å²) >= 11 is 0. The summed E-state index contributed by atoms with van der Waals surface area (Å²) in [6, 6.07) is 13.1. The highest BCUT2D eigenvalue weighted by Gasteiger charge is 2.45. The number of benzene rings is 1. The number of aliphatic hydroxyl groups is 1. The summed E-state index contributed by atoms with van der Waals surface area (Å²) in [4.78, 5) is 13.4. The van der Waals surface area contributed by atoms with Crippen LogP contribution in [0, 0.1) is 0 Å². The van der Waals surface area contributed by atoms with Crippen LogP contribution in [0.3, 0.4) is 0 Å². The van der Waals surface area contributed by atoms with Gasteiger partial charge in [0.1, 0.15) is 18.0 Å². The number of rotatable bonds is 6. The summed E-state index contributed by atoms with van der Waals surface area (Å²) in [5, 5.41) is 9.57. The molecule has 0 bridgehead atoms. The number of hydrogen-bond acceptors (Lipinski definition) is 5. The van der Waals surface area contributed by atoms with E-state index in [1.165, 1.54) is 18.4 Å². The van der Waals surface area contributed by atoms with Crippen LogP contribution in [0.15, 0.2) is 42.7 Å². The minimum Gasteiger partial charge on any atom is -0.394 e. The fourth-order valence-electron chi connectivity index (χ4n) is 4.05. The van der Waals surface area contributed by atoms with E-state index in [4.69, 9.17) is 0 Å². The van der Waals surface area contributed by atoms with Crippen LogP contribution < -0.4 is 9.80 Å². The molecule has 5 heteroatoms. The molecule has 0 radical (unpaired) electrons. The lowest BCUT2D eigenvalue weighted by Gasteiger charge is -2.27. The average Bonchev–Trinajstić information content (AvgIpc) is 3.28. The van der Waals surface area contributed by atoms with Gasteiger partial charge >= 0.3 is 0 Å². The number of likely N-dealkylation sites (N-methyl/N-ethyl adjacent to an activating group) is 1. The molecule has 2 aromatic rings. The summed E-state index contributed by atoms with van der Waals surface area (Å²) in [5.41, 5.74) is 1.69. The van der Waals surface area contributed by atoms with Crippen molar-refractivity contribution < 1.29 is 5.11 Å². The molecule has 2 fully saturated rings. The lowest BCUT2D eigenvalue weighted by Crippen LogP contribution is -2.33. The molecule has 1 aromatic heterocycles. The summed E-state index contributed by atoms with van der Waals surface area (Å²) < 4.78 is 0. The summed E-state index contributed by atoms with van der Waals surface area (Å²) in [6.07, 6.45) is 6.26. The lowest BCUT2D eigenvalue weighted by molar-refractivity contribution is 0.266. The lowest BCUT2D eigenvalue weighted by atomic mass is 9.95. The van der Waals surface area contributed by atoms with Gasteiger partial charge in [-0.3, -0.25) is 0 Å². The van der Waals surface area contributed by atoms with Gasteiger partial charge in [0.15, 0.2) is 0 Å². The van der Waals surface area contributed by atoms with Gasteiger partial charge in [0.05, 0.1) is 12.6 Å². The Kier molecular flexibility index (Phi) is 4.34. The molecule has 25 heavy (non-hydrogen) atoms. The van der Waals surface area contributed by atoms with Crippen LogP contribution in [0.5, 0.6) is 0 Å². The van der Waals surface area contributed by atoms with Gasteiger partial charge < -0.3 is 14.9 Å². The van der Waals surface area contributed by atoms with E-state index in [9.17, 15) is 5.11 Å². The van der Waals surface area contributed by atoms with E-state index < -0.39 is 0 Å². The predicted molar refractivity (Wildman–Crippen MR) is 100 cm³/mol. The van der Waals surface area contributed by atoms with Crippen molar-refractivity contribution in [3.63, 3.8) is 0 Å². The van der Waals surface area contributed by atoms with Crippen molar-refractivity contribution >= 4 is 11.6 Å². The maximum absolute atomic E-state index is 9.57. The molecule has 5 nitrogen and oxygen atoms in total. The largest absolute Gasteiger partial charge is 0.394 e. The van der Waals surface area contributed by atoms with Gasteiger partial charge in [-0.05, 0) is 31.2 Å². The fourth-order valence-corrected chi connectivity index (χ4v) is 4.05. The Morgan fingerprint density at radius 2 is 2.04 bits per heavy atom. The molecular weight excluding hydrogens is 312 g/mol. The summed E-state index contributed by atoms with van der Waals surface area (Å²) in [6.45, 7) is 2.11. The van der Waals surface area contributed by atoms with Gasteiger partial charge in [0, 0.05) is 31.6 Å². The Labute approximate surface area is 149 Å². The highest BCUT2D eigenvalue weighted by molar-refractivity contribution is 5.52. The van der Waals surface area contributed by atoms with Crippen molar-refractivity contribution in [2.24, 2.45) is 0 Å². The van der Waals surface area contributed by atoms with Crippen LogP contribution >= 0.6 is 0 Å². The molecular formula is C20H26N4O. The monoisotopic (exact) mass is 338 g/mol. The highest BCUT2D eigenvalue weighted by atomic mass is 16.3. The second-order valence-corrected chi connectivity index (χ2v) is 7.41. The van der Waals surface area contributed by atoms with Gasteiger partial charge in [0.2, 0.25) is 0 Å². The minimum atomic E-state index is 0.187. The molecule has 2 heterocycles. The maximum Gasteiger partial charge on any atom is 0.134 e. The summed E-state index contributed by atoms with van der Waals surface area (Å²) in [5.74, 6) is 1.88. The molecule has 4 rings (SSSR count). The number of anilines is 2. The smallest absolute Gasteiger partial charge is 0.134 e. The van der Waals surface area contributed by atoms with E-state index in [1.807, 2.05) is 0 Å². The number of nitrogens with zero attached hydrogens (tertiary/aromatic N) is 4. The van der Waals surface area contributed by atoms with E-state index >= 15 is 0 Å². The number of aliphatic hydroxyl groups excluding tert-OH is 1. The van der Waals surface area contributed by atoms with Gasteiger partial charge in [0.25, 0.3) is 0 Å². The molecule has 1 saturated carbocycles. The SMILES string of the molecule is CN(CC1(c2ccccc2)CC1)c1cc(N2CCCC2CO)ncn1. The third kappa shape index (κ3) is 3.21. The first-order valence-electron chi connectivity index (χ1n) is 9.18. The third-order valence-electron chi connectivity index (χ3n) is 5.69. The maximum atomic E-state index is 9.57. The van der Waals surface area contributed by atoms with Crippen molar-refractivity contribution in [3.8, 4) is 0 Å². The fraction of sp³-hybridized carbons (Fsp3) is 0.500. The zero-order valence-electron chi connectivity index (χ0n) is 14.8. The Morgan fingerprint density at radius 1 is 1.24 bits per heavy atom. The van der Waals surface area contributed by atoms with Crippen LogP contribution in [0.4, 0.5) is 11.6 Å². The Morgan fingerprint density at radius 3 is 2.76 bits per heavy atom. The second kappa shape index (κ2) is 6.64. The van der Waals surface area contributed by atoms with Crippen LogP contribution in [0.2, 0.25) is 0 Å². The normalized spacial score (nSPS) is 21.4. The van der Waals surface area contributed by atoms with Gasteiger partial charge in [-0.1, -0.05) is 30.3 Å². The van der Waals surface area contributed by atoms with Crippen molar-refractivity contribution in [2.45, 2.75) is 37.1 Å². The minimum absolute atomic E-state index is 0.187. The van der Waals surface area contributed by atoms with E-state index in [-0.39, 0.29) is 18.1 Å². The molecule has 132 valence electrons. The highest BCUT2D eigenvalue weighted by Crippen LogP contribution is 2.48. The van der Waals surface area contributed by atoms with E-state index in [1.54, 1.807) is 6.33 Å². The molecule has 1 aliphatic carbocycles. The molecule has 1 aliphatic heterocycles. The first kappa shape index (κ1) is 16.3. The van der Waals surface area contributed by atoms with E-state index in [2.05, 4.69) is 63.2 Å². The predicted octanol–water partition coefficient (Wildman–Crippen LogP) is 2.61. The first-order chi connectivity index (χ1) is 12.2. The van der Waals surface area contributed by atoms with Crippen LogP contribution in [-0.4, -0.2) is 47.9 Å². The van der Waals surface area contributed by atoms with Crippen molar-refractivity contribution in [2.75, 3.05) is 36.5 Å². The molecule has 1 atom stereocenters. The van der Waals surface area contributed by atoms with Crippen molar-refractivity contribution in [3.05, 3.63) is 48.3 Å². The van der Waals surface area contributed by atoms with Gasteiger partial charge in [-0.2, -0.15) is 0 Å². The Hall–Kier alpha value is -2.14. The van der Waals surface area contributed by atoms with Crippen LogP contribution in [-0.2, 0) is 5.41 Å². The standard InChI is InChI=1S/C20H26N4O/c1-23(14-20(9-10-20)16-6-3-2-4-7-16)18-12-19(22-15-21-18)24-11-5-8-17(24)13-25/h2-4,6-7,12,15,17,25H,5,8-11,13-14H2,1H3. The van der Waals surface area contributed by atoms with E-state index in [0.29, 0.717) is 0 Å². The number of hydrogen-bond donors (Lipinski definition) is 1. The molecule has 1 unspecified atom stereocenters. The molecule has 1 N–H and O–H groups in total. The zero-order chi connectivity index (χ0) is 17.3. The zero-order valence-corrected chi connectivity index (χ0v) is 14.8. The molecule has 1 aromatic carbocycles. The van der Waals surface area contributed by atoms with Gasteiger partial charge in [-0.25, -0.2) is 9.97 Å². The number of aromatic nitrogens is 2. The third-order valence-corrected chi connectivity index (χ3v) is 5.69. The molecule has 0 amide bonds. The van der Waals surface area contributed by atoms with Crippen LogP contribution in [0.25, 0.3) is 0 Å². The second-order valence-electron chi connectivity index (χ2n) is 7.41. The molecule has 1 saturated heterocycles. The summed E-state index contributed by atoms with van der Waals surface area (Å²) in [7, 11) is 2.11. The van der Waals surface area contributed by atoms with Crippen molar-refractivity contribution in [1.82, 2.24) is 9.97 Å². The van der Waals surface area contributed by atoms with Gasteiger partial charge in [-0.15, -0.1) is 0 Å². The molecule has 2 aliphatic rings.